The van der Waals surface area contributed by atoms with E-state index in [-0.39, 0.29) is 11.3 Å². The van der Waals surface area contributed by atoms with Crippen LogP contribution in [0.1, 0.15) is 32.3 Å². The van der Waals surface area contributed by atoms with Gasteiger partial charge in [0.1, 0.15) is 0 Å². The Hall–Kier alpha value is -2.37. The first-order chi connectivity index (χ1) is 9.86. The third kappa shape index (κ3) is 4.59. The second-order valence-electron chi connectivity index (χ2n) is 4.92. The van der Waals surface area contributed by atoms with Crippen molar-refractivity contribution in [2.24, 2.45) is 0 Å². The summed E-state index contributed by atoms with van der Waals surface area (Å²) in [5, 5.41) is 19.7. The predicted octanol–water partition coefficient (Wildman–Crippen LogP) is 3.32. The average molecular weight is 292 g/mol. The minimum Gasteiger partial charge on any atom is -0.478 e. The maximum absolute atomic E-state index is 11.0. The van der Waals surface area contributed by atoms with Gasteiger partial charge >= 0.3 is 5.97 Å². The zero-order chi connectivity index (χ0) is 16.0. The summed E-state index contributed by atoms with van der Waals surface area (Å²) in [4.78, 5) is 23.1. The number of carboxylic acid groups (broad SMARTS) is 1. The number of aliphatic carboxylic acids is 1. The highest BCUT2D eigenvalue weighted by Gasteiger charge is 2.16. The molecule has 0 radical (unpaired) electrons. The van der Waals surface area contributed by atoms with E-state index in [4.69, 9.17) is 5.11 Å². The largest absolute Gasteiger partial charge is 0.478 e. The third-order valence-corrected chi connectivity index (χ3v) is 3.39. The molecule has 0 fully saturated rings. The van der Waals surface area contributed by atoms with E-state index < -0.39 is 10.9 Å². The molecule has 114 valence electrons. The van der Waals surface area contributed by atoms with Gasteiger partial charge in [0.05, 0.1) is 10.5 Å². The lowest BCUT2D eigenvalue weighted by molar-refractivity contribution is -0.385. The van der Waals surface area contributed by atoms with E-state index in [0.29, 0.717) is 6.04 Å². The molecule has 0 saturated carbocycles. The van der Waals surface area contributed by atoms with Crippen LogP contribution in [0.15, 0.2) is 24.3 Å². The van der Waals surface area contributed by atoms with Crippen LogP contribution in [0.25, 0.3) is 6.08 Å². The molecular formula is C15H20N2O4. The minimum absolute atomic E-state index is 0.104. The van der Waals surface area contributed by atoms with E-state index in [1.54, 1.807) is 12.1 Å². The Morgan fingerprint density at radius 2 is 2.19 bits per heavy atom. The Kier molecular flexibility index (Phi) is 5.90. The number of rotatable bonds is 7. The van der Waals surface area contributed by atoms with Gasteiger partial charge in [0.15, 0.2) is 0 Å². The molecule has 0 heterocycles. The van der Waals surface area contributed by atoms with Crippen molar-refractivity contribution in [1.82, 2.24) is 0 Å². The van der Waals surface area contributed by atoms with Crippen molar-refractivity contribution in [1.29, 1.82) is 0 Å². The number of nitro groups is 1. The summed E-state index contributed by atoms with van der Waals surface area (Å²) < 4.78 is 0. The molecule has 0 bridgehead atoms. The summed E-state index contributed by atoms with van der Waals surface area (Å²) in [6.45, 7) is 4.18. The summed E-state index contributed by atoms with van der Waals surface area (Å²) in [5.41, 5.74) is 1.01. The molecule has 21 heavy (non-hydrogen) atoms. The van der Waals surface area contributed by atoms with Crippen molar-refractivity contribution in [2.45, 2.75) is 32.7 Å². The number of hydrogen-bond donors (Lipinski definition) is 1. The van der Waals surface area contributed by atoms with Gasteiger partial charge in [-0.05, 0) is 31.6 Å². The molecule has 0 spiro atoms. The maximum Gasteiger partial charge on any atom is 0.328 e. The lowest BCUT2D eigenvalue weighted by Crippen LogP contribution is -2.28. The van der Waals surface area contributed by atoms with E-state index in [1.165, 1.54) is 12.1 Å². The number of anilines is 1. The molecule has 0 aliphatic rings. The van der Waals surface area contributed by atoms with Crippen LogP contribution in [0.4, 0.5) is 11.4 Å². The summed E-state index contributed by atoms with van der Waals surface area (Å²) in [5.74, 6) is -1.14. The van der Waals surface area contributed by atoms with Gasteiger partial charge in [0, 0.05) is 30.9 Å². The molecule has 0 aromatic heterocycles. The third-order valence-electron chi connectivity index (χ3n) is 3.39. The minimum atomic E-state index is -1.14. The van der Waals surface area contributed by atoms with Crippen molar-refractivity contribution in [3.63, 3.8) is 0 Å². The molecule has 0 amide bonds. The molecule has 0 saturated heterocycles. The molecule has 0 aliphatic heterocycles. The highest BCUT2D eigenvalue weighted by atomic mass is 16.6. The topological polar surface area (TPSA) is 83.7 Å². The first kappa shape index (κ1) is 16.7. The van der Waals surface area contributed by atoms with E-state index in [9.17, 15) is 14.9 Å². The van der Waals surface area contributed by atoms with Crippen molar-refractivity contribution < 1.29 is 14.8 Å². The number of carboxylic acids is 1. The standard InChI is InChI=1S/C15H20N2O4/c1-4-5-11(2)16(3)13-7-8-14(17(20)21)12(10-13)6-9-15(18)19/h6-11H,4-5H2,1-3H3,(H,18,19)/b9-6+. The number of nitro benzene ring substituents is 1. The summed E-state index contributed by atoms with van der Waals surface area (Å²) in [7, 11) is 1.92. The number of carbonyl (C=O) groups is 1. The fourth-order valence-corrected chi connectivity index (χ4v) is 2.09. The van der Waals surface area contributed by atoms with Crippen molar-refractivity contribution in [3.8, 4) is 0 Å². The van der Waals surface area contributed by atoms with E-state index in [1.807, 2.05) is 11.9 Å². The van der Waals surface area contributed by atoms with Gasteiger partial charge in [-0.15, -0.1) is 0 Å². The van der Waals surface area contributed by atoms with Gasteiger partial charge in [-0.2, -0.15) is 0 Å². The Morgan fingerprint density at radius 1 is 1.52 bits per heavy atom. The Balaban J connectivity index is 3.17. The second kappa shape index (κ2) is 7.42. The smallest absolute Gasteiger partial charge is 0.328 e. The van der Waals surface area contributed by atoms with Crippen molar-refractivity contribution >= 4 is 23.4 Å². The Bertz CT molecular complexity index is 555. The van der Waals surface area contributed by atoms with Crippen LogP contribution in [0.5, 0.6) is 0 Å². The highest BCUT2D eigenvalue weighted by molar-refractivity contribution is 5.86. The predicted molar refractivity (Wildman–Crippen MR) is 82.5 cm³/mol. The van der Waals surface area contributed by atoms with Gasteiger partial charge in [0.2, 0.25) is 0 Å². The summed E-state index contributed by atoms with van der Waals surface area (Å²) in [6.07, 6.45) is 4.21. The van der Waals surface area contributed by atoms with Gasteiger partial charge in [0.25, 0.3) is 5.69 Å². The van der Waals surface area contributed by atoms with Crippen LogP contribution in [-0.2, 0) is 4.79 Å². The molecule has 1 unspecified atom stereocenters. The van der Waals surface area contributed by atoms with Crippen LogP contribution in [-0.4, -0.2) is 29.1 Å². The first-order valence-electron chi connectivity index (χ1n) is 6.79. The molecule has 1 atom stereocenters. The average Bonchev–Trinajstić information content (AvgIpc) is 2.44. The second-order valence-corrected chi connectivity index (χ2v) is 4.92. The van der Waals surface area contributed by atoms with Crippen molar-refractivity contribution in [3.05, 3.63) is 40.0 Å². The molecule has 0 aliphatic carbocycles. The zero-order valence-electron chi connectivity index (χ0n) is 12.4. The summed E-state index contributed by atoms with van der Waals surface area (Å²) >= 11 is 0. The Labute approximate surface area is 123 Å². The molecule has 1 rings (SSSR count). The Morgan fingerprint density at radius 3 is 2.71 bits per heavy atom. The number of benzene rings is 1. The van der Waals surface area contributed by atoms with Gasteiger partial charge in [-0.3, -0.25) is 10.1 Å². The van der Waals surface area contributed by atoms with Gasteiger partial charge < -0.3 is 10.0 Å². The SMILES string of the molecule is CCCC(C)N(C)c1ccc([N+](=O)[O-])c(/C=C/C(=O)O)c1. The summed E-state index contributed by atoms with van der Waals surface area (Å²) in [6, 6.07) is 5.03. The molecular weight excluding hydrogens is 272 g/mol. The van der Waals surface area contributed by atoms with Gasteiger partial charge in [-0.1, -0.05) is 13.3 Å². The normalized spacial score (nSPS) is 12.3. The highest BCUT2D eigenvalue weighted by Crippen LogP contribution is 2.27. The van der Waals surface area contributed by atoms with Crippen LogP contribution in [0.2, 0.25) is 0 Å². The van der Waals surface area contributed by atoms with Gasteiger partial charge in [-0.25, -0.2) is 4.79 Å². The quantitative estimate of drug-likeness (QED) is 0.473. The fourth-order valence-electron chi connectivity index (χ4n) is 2.09. The molecule has 6 heteroatoms. The fraction of sp³-hybridized carbons (Fsp3) is 0.400. The van der Waals surface area contributed by atoms with E-state index in [2.05, 4.69) is 13.8 Å². The monoisotopic (exact) mass is 292 g/mol. The first-order valence-corrected chi connectivity index (χ1v) is 6.79. The van der Waals surface area contributed by atoms with Crippen LogP contribution in [0, 0.1) is 10.1 Å². The van der Waals surface area contributed by atoms with Crippen molar-refractivity contribution in [2.75, 3.05) is 11.9 Å². The number of hydrogen-bond acceptors (Lipinski definition) is 4. The number of nitrogens with zero attached hydrogens (tertiary/aromatic N) is 2. The van der Waals surface area contributed by atoms with Crippen LogP contribution >= 0.6 is 0 Å². The van der Waals surface area contributed by atoms with Crippen LogP contribution < -0.4 is 4.90 Å². The lowest BCUT2D eigenvalue weighted by atomic mass is 10.1. The zero-order valence-corrected chi connectivity index (χ0v) is 12.4. The molecule has 6 nitrogen and oxygen atoms in total. The van der Waals surface area contributed by atoms with Crippen LogP contribution in [0.3, 0.4) is 0 Å². The maximum atomic E-state index is 11.0. The molecule has 1 aromatic rings. The molecule has 1 aromatic carbocycles. The molecule has 1 N–H and O–H groups in total. The van der Waals surface area contributed by atoms with E-state index in [0.717, 1.165) is 24.6 Å². The van der Waals surface area contributed by atoms with E-state index >= 15 is 0 Å². The lowest BCUT2D eigenvalue weighted by Gasteiger charge is -2.27.